The lowest BCUT2D eigenvalue weighted by molar-refractivity contribution is -0.126. The van der Waals surface area contributed by atoms with Gasteiger partial charge in [-0.1, -0.05) is 26.0 Å². The summed E-state index contributed by atoms with van der Waals surface area (Å²) in [7, 11) is 1.67. The second kappa shape index (κ2) is 9.37. The molecule has 2 atom stereocenters. The molecule has 6 nitrogen and oxygen atoms in total. The topological polar surface area (TPSA) is 67.3 Å². The summed E-state index contributed by atoms with van der Waals surface area (Å²) in [4.78, 5) is 19.6. The Balaban J connectivity index is 1.61. The van der Waals surface area contributed by atoms with Crippen molar-refractivity contribution in [3.05, 3.63) is 35.7 Å². The standard InChI is InChI=1S/C21H30N4O2S/c1-14(2)15(3)22-20(26)17-8-6-10-25(13-17)21-23-19(24-28-21)12-16-7-5-9-18(11-16)27-4/h5,7,9,11,14-15,17H,6,8,10,12-13H2,1-4H3,(H,22,26)/t15-,17-/m1/s1. The molecule has 0 radical (unpaired) electrons. The van der Waals surface area contributed by atoms with Crippen LogP contribution in [0, 0.1) is 11.8 Å². The number of piperidine rings is 1. The summed E-state index contributed by atoms with van der Waals surface area (Å²) in [5.41, 5.74) is 1.13. The Morgan fingerprint density at radius 3 is 2.96 bits per heavy atom. The molecule has 0 spiro atoms. The molecular formula is C21H30N4O2S. The van der Waals surface area contributed by atoms with Gasteiger partial charge in [0.25, 0.3) is 0 Å². The van der Waals surface area contributed by atoms with E-state index in [0.29, 0.717) is 18.9 Å². The first kappa shape index (κ1) is 20.6. The molecule has 1 amide bonds. The number of rotatable bonds is 7. The molecule has 2 heterocycles. The predicted molar refractivity (Wildman–Crippen MR) is 113 cm³/mol. The van der Waals surface area contributed by atoms with E-state index >= 15 is 0 Å². The van der Waals surface area contributed by atoms with Crippen LogP contribution in [-0.4, -0.2) is 41.5 Å². The Hall–Kier alpha value is -2.15. The van der Waals surface area contributed by atoms with Gasteiger partial charge >= 0.3 is 0 Å². The van der Waals surface area contributed by atoms with E-state index in [9.17, 15) is 4.79 Å². The van der Waals surface area contributed by atoms with Crippen molar-refractivity contribution in [3.8, 4) is 5.75 Å². The fourth-order valence-electron chi connectivity index (χ4n) is 3.28. The summed E-state index contributed by atoms with van der Waals surface area (Å²) in [6.07, 6.45) is 2.61. The van der Waals surface area contributed by atoms with Crippen LogP contribution in [-0.2, 0) is 11.2 Å². The van der Waals surface area contributed by atoms with Crippen molar-refractivity contribution in [2.45, 2.75) is 46.1 Å². The summed E-state index contributed by atoms with van der Waals surface area (Å²) in [6.45, 7) is 7.97. The second-order valence-corrected chi connectivity index (χ2v) is 8.58. The van der Waals surface area contributed by atoms with Gasteiger partial charge in [0, 0.05) is 37.1 Å². The highest BCUT2D eigenvalue weighted by atomic mass is 32.1. The number of amides is 1. The van der Waals surface area contributed by atoms with Crippen LogP contribution >= 0.6 is 11.5 Å². The quantitative estimate of drug-likeness (QED) is 0.768. The smallest absolute Gasteiger partial charge is 0.225 e. The average Bonchev–Trinajstić information content (AvgIpc) is 3.16. The maximum Gasteiger partial charge on any atom is 0.225 e. The maximum absolute atomic E-state index is 12.6. The third-order valence-corrected chi connectivity index (χ3v) is 6.20. The molecule has 1 fully saturated rings. The molecule has 0 unspecified atom stereocenters. The van der Waals surface area contributed by atoms with Gasteiger partial charge in [0.1, 0.15) is 11.6 Å². The highest BCUT2D eigenvalue weighted by Gasteiger charge is 2.28. The highest BCUT2D eigenvalue weighted by molar-refractivity contribution is 7.09. The van der Waals surface area contributed by atoms with Gasteiger partial charge in [-0.2, -0.15) is 4.37 Å². The molecular weight excluding hydrogens is 372 g/mol. The van der Waals surface area contributed by atoms with Crippen molar-refractivity contribution < 1.29 is 9.53 Å². The van der Waals surface area contributed by atoms with Gasteiger partial charge in [-0.15, -0.1) is 0 Å². The van der Waals surface area contributed by atoms with Crippen LogP contribution in [0.1, 0.15) is 45.0 Å². The number of hydrogen-bond acceptors (Lipinski definition) is 6. The third-order valence-electron chi connectivity index (χ3n) is 5.39. The molecule has 0 aliphatic carbocycles. The fraction of sp³-hybridized carbons (Fsp3) is 0.571. The number of methoxy groups -OCH3 is 1. The third kappa shape index (κ3) is 5.22. The number of benzene rings is 1. The molecule has 0 bridgehead atoms. The number of aromatic nitrogens is 2. The molecule has 2 aromatic rings. The van der Waals surface area contributed by atoms with Crippen LogP contribution in [0.5, 0.6) is 5.75 Å². The summed E-state index contributed by atoms with van der Waals surface area (Å²) in [5.74, 6) is 2.26. The first-order valence-electron chi connectivity index (χ1n) is 9.97. The first-order valence-corrected chi connectivity index (χ1v) is 10.7. The van der Waals surface area contributed by atoms with Crippen LogP contribution in [0.15, 0.2) is 24.3 Å². The minimum atomic E-state index is 0.0145. The summed E-state index contributed by atoms with van der Waals surface area (Å²) < 4.78 is 9.82. The van der Waals surface area contributed by atoms with Gasteiger partial charge in [0.15, 0.2) is 0 Å². The van der Waals surface area contributed by atoms with Gasteiger partial charge in [0.05, 0.1) is 13.0 Å². The van der Waals surface area contributed by atoms with Crippen LogP contribution in [0.25, 0.3) is 0 Å². The van der Waals surface area contributed by atoms with Crippen LogP contribution in [0.2, 0.25) is 0 Å². The second-order valence-electron chi connectivity index (χ2n) is 7.85. The predicted octanol–water partition coefficient (Wildman–Crippen LogP) is 3.51. The van der Waals surface area contributed by atoms with Gasteiger partial charge in [0.2, 0.25) is 11.0 Å². The van der Waals surface area contributed by atoms with Gasteiger partial charge in [-0.05, 0) is 43.4 Å². The molecule has 1 aliphatic rings. The van der Waals surface area contributed by atoms with Crippen LogP contribution in [0.3, 0.4) is 0 Å². The molecule has 28 heavy (non-hydrogen) atoms. The molecule has 1 aliphatic heterocycles. The largest absolute Gasteiger partial charge is 0.497 e. The molecule has 0 saturated carbocycles. The highest BCUT2D eigenvalue weighted by Crippen LogP contribution is 2.26. The number of hydrogen-bond donors (Lipinski definition) is 1. The number of anilines is 1. The van der Waals surface area contributed by atoms with Crippen LogP contribution < -0.4 is 15.0 Å². The van der Waals surface area contributed by atoms with E-state index in [1.54, 1.807) is 7.11 Å². The van der Waals surface area contributed by atoms with Crippen molar-refractivity contribution in [1.82, 2.24) is 14.7 Å². The van der Waals surface area contributed by atoms with Gasteiger partial charge < -0.3 is 15.0 Å². The van der Waals surface area contributed by atoms with E-state index in [1.807, 2.05) is 18.2 Å². The zero-order chi connectivity index (χ0) is 20.1. The van der Waals surface area contributed by atoms with E-state index in [0.717, 1.165) is 41.7 Å². The molecule has 1 aromatic carbocycles. The zero-order valence-electron chi connectivity index (χ0n) is 17.1. The number of nitrogens with zero attached hydrogens (tertiary/aromatic N) is 3. The number of carbonyl (C=O) groups excluding carboxylic acids is 1. The summed E-state index contributed by atoms with van der Waals surface area (Å²) in [6, 6.07) is 8.17. The minimum Gasteiger partial charge on any atom is -0.497 e. The Morgan fingerprint density at radius 1 is 1.39 bits per heavy atom. The van der Waals surface area contributed by atoms with Crippen molar-refractivity contribution in [1.29, 1.82) is 0 Å². The van der Waals surface area contributed by atoms with E-state index in [4.69, 9.17) is 9.72 Å². The lowest BCUT2D eigenvalue weighted by Gasteiger charge is -2.32. The van der Waals surface area contributed by atoms with E-state index in [-0.39, 0.29) is 17.9 Å². The fourth-order valence-corrected chi connectivity index (χ4v) is 4.00. The van der Waals surface area contributed by atoms with Gasteiger partial charge in [-0.3, -0.25) is 4.79 Å². The van der Waals surface area contributed by atoms with E-state index in [1.165, 1.54) is 11.5 Å². The Kier molecular flexibility index (Phi) is 6.88. The molecule has 3 rings (SSSR count). The average molecular weight is 403 g/mol. The SMILES string of the molecule is COc1cccc(Cc2nsc(N3CCC[C@@H](C(=O)N[C@H](C)C(C)C)C3)n2)c1. The Bertz CT molecular complexity index is 792. The molecule has 7 heteroatoms. The normalized spacial score (nSPS) is 18.2. The zero-order valence-corrected chi connectivity index (χ0v) is 18.0. The molecule has 1 aromatic heterocycles. The van der Waals surface area contributed by atoms with Crippen molar-refractivity contribution in [3.63, 3.8) is 0 Å². The Labute approximate surface area is 171 Å². The lowest BCUT2D eigenvalue weighted by atomic mass is 9.96. The number of carbonyl (C=O) groups is 1. The Morgan fingerprint density at radius 2 is 2.21 bits per heavy atom. The number of ether oxygens (including phenoxy) is 1. The minimum absolute atomic E-state index is 0.0145. The lowest BCUT2D eigenvalue weighted by Crippen LogP contribution is -2.46. The summed E-state index contributed by atoms with van der Waals surface area (Å²) >= 11 is 1.42. The van der Waals surface area contributed by atoms with E-state index < -0.39 is 0 Å². The van der Waals surface area contributed by atoms with Crippen molar-refractivity contribution in [2.24, 2.45) is 11.8 Å². The van der Waals surface area contributed by atoms with E-state index in [2.05, 4.69) is 41.4 Å². The van der Waals surface area contributed by atoms with Crippen molar-refractivity contribution >= 4 is 22.6 Å². The number of nitrogens with one attached hydrogen (secondary N) is 1. The molecule has 1 N–H and O–H groups in total. The van der Waals surface area contributed by atoms with Crippen LogP contribution in [0.4, 0.5) is 5.13 Å². The first-order chi connectivity index (χ1) is 13.5. The maximum atomic E-state index is 12.6. The van der Waals surface area contributed by atoms with Gasteiger partial charge in [-0.25, -0.2) is 4.98 Å². The summed E-state index contributed by atoms with van der Waals surface area (Å²) in [5, 5.41) is 4.07. The van der Waals surface area contributed by atoms with Crippen molar-refractivity contribution in [2.75, 3.05) is 25.1 Å². The molecule has 1 saturated heterocycles. The monoisotopic (exact) mass is 402 g/mol. The molecule has 152 valence electrons.